The Morgan fingerprint density at radius 3 is 2.85 bits per heavy atom. The molecule has 2 aromatic heterocycles. The van der Waals surface area contributed by atoms with E-state index in [1.807, 2.05) is 12.1 Å². The summed E-state index contributed by atoms with van der Waals surface area (Å²) in [5.74, 6) is 0.221. The van der Waals surface area contributed by atoms with Crippen LogP contribution in [0.4, 0.5) is 4.39 Å². The Labute approximate surface area is 191 Å². The van der Waals surface area contributed by atoms with Gasteiger partial charge in [0.15, 0.2) is 0 Å². The number of hydrogen-bond donors (Lipinski definition) is 1. The summed E-state index contributed by atoms with van der Waals surface area (Å²) in [6, 6.07) is 13.6. The van der Waals surface area contributed by atoms with Crippen molar-refractivity contribution in [2.45, 2.75) is 19.1 Å². The summed E-state index contributed by atoms with van der Waals surface area (Å²) in [5.41, 5.74) is 6.53. The lowest BCUT2D eigenvalue weighted by Gasteiger charge is -2.40. The van der Waals surface area contributed by atoms with Crippen molar-refractivity contribution >= 4 is 10.9 Å². The van der Waals surface area contributed by atoms with Gasteiger partial charge in [-0.2, -0.15) is 5.10 Å². The largest absolute Gasteiger partial charge is 0.487 e. The van der Waals surface area contributed by atoms with E-state index in [4.69, 9.17) is 4.74 Å². The van der Waals surface area contributed by atoms with Crippen LogP contribution in [0, 0.1) is 5.82 Å². The predicted octanol–water partition coefficient (Wildman–Crippen LogP) is 3.87. The van der Waals surface area contributed by atoms with Crippen molar-refractivity contribution in [2.75, 3.05) is 32.7 Å². The monoisotopic (exact) mass is 441 g/mol. The van der Waals surface area contributed by atoms with Crippen LogP contribution in [0.15, 0.2) is 48.7 Å². The number of hydrogen-bond acceptors (Lipinski definition) is 5. The molecule has 33 heavy (non-hydrogen) atoms. The lowest BCUT2D eigenvalue weighted by Crippen LogP contribution is -2.55. The SMILES string of the molecule is Fc1cccc2c1-c1cc3c(n[nH]c3cn1)-c1ccc3c(c1)CN(CC3)CCN1CC(C1)O2. The normalized spacial score (nSPS) is 23.6. The van der Waals surface area contributed by atoms with Gasteiger partial charge in [-0.25, -0.2) is 4.39 Å². The molecule has 4 aromatic rings. The third-order valence-corrected chi connectivity index (χ3v) is 7.20. The number of halogens is 1. The van der Waals surface area contributed by atoms with Crippen molar-refractivity contribution in [3.63, 3.8) is 0 Å². The van der Waals surface area contributed by atoms with Crippen LogP contribution in [0.25, 0.3) is 33.4 Å². The molecule has 0 aliphatic carbocycles. The first-order chi connectivity index (χ1) is 16.2. The predicted molar refractivity (Wildman–Crippen MR) is 125 cm³/mol. The Hall–Kier alpha value is -3.29. The van der Waals surface area contributed by atoms with E-state index in [2.05, 4.69) is 43.2 Å². The van der Waals surface area contributed by atoms with Gasteiger partial charge in [0.25, 0.3) is 0 Å². The van der Waals surface area contributed by atoms with E-state index in [-0.39, 0.29) is 11.9 Å². The molecule has 0 spiro atoms. The van der Waals surface area contributed by atoms with Crippen LogP contribution in [0.5, 0.6) is 5.75 Å². The van der Waals surface area contributed by atoms with Gasteiger partial charge in [0.1, 0.15) is 23.4 Å². The quantitative estimate of drug-likeness (QED) is 0.449. The minimum atomic E-state index is -0.327. The third kappa shape index (κ3) is 3.22. The first-order valence-electron chi connectivity index (χ1n) is 11.6. The maximum atomic E-state index is 15.1. The Kier molecular flexibility index (Phi) is 4.29. The van der Waals surface area contributed by atoms with Crippen LogP contribution < -0.4 is 4.74 Å². The summed E-state index contributed by atoms with van der Waals surface area (Å²) >= 11 is 0. The van der Waals surface area contributed by atoms with E-state index >= 15 is 4.39 Å². The zero-order chi connectivity index (χ0) is 21.9. The maximum Gasteiger partial charge on any atom is 0.136 e. The van der Waals surface area contributed by atoms with E-state index in [9.17, 15) is 0 Å². The highest BCUT2D eigenvalue weighted by atomic mass is 19.1. The molecule has 1 N–H and O–H groups in total. The minimum absolute atomic E-state index is 0.0671. The highest BCUT2D eigenvalue weighted by Crippen LogP contribution is 2.36. The standard InChI is InChI=1S/C26H24FN5O/c27-21-2-1-3-24-25(21)22-11-20-23(12-28-22)29-30-26(20)17-5-4-16-6-7-31(13-18(16)10-17)8-9-32-14-19(15-32)33-24/h1-5,10-12,19H,6-9,13-15H2,(H,29,30). The second kappa shape index (κ2) is 7.37. The number of nitrogens with zero attached hydrogens (tertiary/aromatic N) is 4. The van der Waals surface area contributed by atoms with Crippen molar-refractivity contribution in [3.05, 3.63) is 65.6 Å². The number of nitrogens with one attached hydrogen (secondary N) is 1. The van der Waals surface area contributed by atoms with Crippen molar-refractivity contribution in [2.24, 2.45) is 0 Å². The molecule has 6 nitrogen and oxygen atoms in total. The summed E-state index contributed by atoms with van der Waals surface area (Å²) in [5, 5.41) is 8.63. The van der Waals surface area contributed by atoms with E-state index in [1.54, 1.807) is 12.3 Å². The topological polar surface area (TPSA) is 57.3 Å². The summed E-state index contributed by atoms with van der Waals surface area (Å²) in [6.07, 6.45) is 2.87. The number of aromatic nitrogens is 3. The Bertz CT molecular complexity index is 1380. The van der Waals surface area contributed by atoms with Gasteiger partial charge in [-0.3, -0.25) is 19.9 Å². The lowest BCUT2D eigenvalue weighted by atomic mass is 9.95. The van der Waals surface area contributed by atoms with E-state index < -0.39 is 0 Å². The molecular formula is C26H24FN5O. The van der Waals surface area contributed by atoms with Crippen LogP contribution >= 0.6 is 0 Å². The van der Waals surface area contributed by atoms with Crippen molar-refractivity contribution in [3.8, 4) is 28.3 Å². The average molecular weight is 442 g/mol. The zero-order valence-electron chi connectivity index (χ0n) is 18.2. The molecule has 1 atom stereocenters. The van der Waals surface area contributed by atoms with Crippen molar-refractivity contribution < 1.29 is 9.13 Å². The highest BCUT2D eigenvalue weighted by molar-refractivity contribution is 5.95. The molecule has 1 saturated heterocycles. The first kappa shape index (κ1) is 19.2. The van der Waals surface area contributed by atoms with Gasteiger partial charge in [-0.1, -0.05) is 18.2 Å². The van der Waals surface area contributed by atoms with Gasteiger partial charge in [-0.15, -0.1) is 0 Å². The summed E-state index contributed by atoms with van der Waals surface area (Å²) in [4.78, 5) is 9.50. The number of pyridine rings is 1. The van der Waals surface area contributed by atoms with Crippen LogP contribution in [0.1, 0.15) is 11.1 Å². The summed E-state index contributed by atoms with van der Waals surface area (Å²) in [7, 11) is 0. The molecule has 1 fully saturated rings. The van der Waals surface area contributed by atoms with Gasteiger partial charge >= 0.3 is 0 Å². The second-order valence-corrected chi connectivity index (χ2v) is 9.31. The van der Waals surface area contributed by atoms with Crippen LogP contribution in [0.3, 0.4) is 0 Å². The maximum absolute atomic E-state index is 15.1. The fourth-order valence-electron chi connectivity index (χ4n) is 5.32. The fourth-order valence-corrected chi connectivity index (χ4v) is 5.32. The van der Waals surface area contributed by atoms with Gasteiger partial charge in [0.05, 0.1) is 23.0 Å². The molecule has 6 heterocycles. The molecule has 0 saturated carbocycles. The molecule has 8 rings (SSSR count). The highest BCUT2D eigenvalue weighted by Gasteiger charge is 2.30. The second-order valence-electron chi connectivity index (χ2n) is 9.31. The van der Waals surface area contributed by atoms with Gasteiger partial charge in [0.2, 0.25) is 0 Å². The van der Waals surface area contributed by atoms with Crippen molar-refractivity contribution in [1.82, 2.24) is 25.0 Å². The Morgan fingerprint density at radius 1 is 1.00 bits per heavy atom. The van der Waals surface area contributed by atoms with E-state index in [0.29, 0.717) is 17.0 Å². The van der Waals surface area contributed by atoms with Gasteiger partial charge in [0, 0.05) is 50.2 Å². The smallest absolute Gasteiger partial charge is 0.136 e. The summed E-state index contributed by atoms with van der Waals surface area (Å²) < 4.78 is 21.3. The molecule has 1 unspecified atom stereocenters. The Balaban J connectivity index is 1.41. The lowest BCUT2D eigenvalue weighted by molar-refractivity contribution is 0.0136. The molecule has 4 aliphatic heterocycles. The molecule has 0 amide bonds. The number of H-pyrrole nitrogens is 1. The average Bonchev–Trinajstić information content (AvgIpc) is 3.22. The number of benzene rings is 2. The Morgan fingerprint density at radius 2 is 1.91 bits per heavy atom. The van der Waals surface area contributed by atoms with Crippen LogP contribution in [0.2, 0.25) is 0 Å². The van der Waals surface area contributed by atoms with Gasteiger partial charge in [-0.05, 0) is 41.8 Å². The molecule has 2 aromatic carbocycles. The van der Waals surface area contributed by atoms with E-state index in [1.165, 1.54) is 17.2 Å². The van der Waals surface area contributed by atoms with Gasteiger partial charge < -0.3 is 4.74 Å². The number of aromatic amines is 1. The fraction of sp³-hybridized carbons (Fsp3) is 0.308. The molecule has 7 heteroatoms. The molecule has 166 valence electrons. The molecule has 0 radical (unpaired) electrons. The van der Waals surface area contributed by atoms with Crippen LogP contribution in [-0.4, -0.2) is 63.8 Å². The molecule has 4 aliphatic rings. The minimum Gasteiger partial charge on any atom is -0.487 e. The van der Waals surface area contributed by atoms with Crippen LogP contribution in [-0.2, 0) is 13.0 Å². The number of fused-ring (bicyclic) bond motifs is 1. The first-order valence-corrected chi connectivity index (χ1v) is 11.6. The molecule has 7 bridgehead atoms. The zero-order valence-corrected chi connectivity index (χ0v) is 18.2. The van der Waals surface area contributed by atoms with E-state index in [0.717, 1.165) is 67.8 Å². The molecular weight excluding hydrogens is 417 g/mol. The number of ether oxygens (including phenoxy) is 1. The summed E-state index contributed by atoms with van der Waals surface area (Å²) in [6.45, 7) is 5.84. The van der Waals surface area contributed by atoms with Crippen molar-refractivity contribution in [1.29, 1.82) is 0 Å². The number of rotatable bonds is 0. The third-order valence-electron chi connectivity index (χ3n) is 7.20.